The lowest BCUT2D eigenvalue weighted by Crippen LogP contribution is -1.94. The van der Waals surface area contributed by atoms with Gasteiger partial charge in [0.1, 0.15) is 11.4 Å². The average Bonchev–Trinajstić information content (AvgIpc) is 3.47. The number of rotatable bonds is 5. The van der Waals surface area contributed by atoms with E-state index in [-0.39, 0.29) is 0 Å². The van der Waals surface area contributed by atoms with Crippen LogP contribution in [0.1, 0.15) is 0 Å². The molecule has 6 aromatic rings. The number of ether oxygens (including phenoxy) is 1. The van der Waals surface area contributed by atoms with Gasteiger partial charge >= 0.3 is 0 Å². The number of aromatic nitrogens is 5. The highest BCUT2D eigenvalue weighted by molar-refractivity contribution is 5.94. The third-order valence-corrected chi connectivity index (χ3v) is 5.24. The zero-order valence-electron chi connectivity index (χ0n) is 16.9. The highest BCUT2D eigenvalue weighted by Crippen LogP contribution is 2.35. The van der Waals surface area contributed by atoms with Crippen molar-refractivity contribution in [1.82, 2.24) is 24.9 Å². The summed E-state index contributed by atoms with van der Waals surface area (Å²) in [6, 6.07) is 23.5. The van der Waals surface area contributed by atoms with Crippen LogP contribution in [0.2, 0.25) is 0 Å². The molecule has 0 amide bonds. The summed E-state index contributed by atoms with van der Waals surface area (Å²) < 4.78 is 6.15. The molecule has 0 spiro atoms. The number of fused-ring (bicyclic) bond motifs is 2. The molecule has 0 unspecified atom stereocenters. The molecule has 0 atom stereocenters. The molecule has 2 aromatic carbocycles. The Morgan fingerprint density at radius 1 is 0.781 bits per heavy atom. The summed E-state index contributed by atoms with van der Waals surface area (Å²) in [7, 11) is 0. The van der Waals surface area contributed by atoms with Gasteiger partial charge in [0, 0.05) is 35.2 Å². The molecular weight excluding hydrogens is 400 g/mol. The Balaban J connectivity index is 1.26. The minimum Gasteiger partial charge on any atom is -0.438 e. The second kappa shape index (κ2) is 7.55. The number of pyridine rings is 2. The van der Waals surface area contributed by atoms with Crippen LogP contribution in [0.3, 0.4) is 0 Å². The van der Waals surface area contributed by atoms with Crippen LogP contribution in [0.15, 0.2) is 91.4 Å². The van der Waals surface area contributed by atoms with Gasteiger partial charge in [0.2, 0.25) is 11.8 Å². The molecule has 0 bridgehead atoms. The molecule has 0 saturated heterocycles. The Bertz CT molecular complexity index is 1500. The number of para-hydroxylation sites is 2. The molecule has 0 saturated carbocycles. The number of hydrogen-bond donors (Lipinski definition) is 3. The summed E-state index contributed by atoms with van der Waals surface area (Å²) in [5.41, 5.74) is 5.57. The molecule has 154 valence electrons. The first-order valence-corrected chi connectivity index (χ1v) is 10.2. The maximum Gasteiger partial charge on any atom is 0.227 e. The summed E-state index contributed by atoms with van der Waals surface area (Å²) in [6.07, 6.45) is 5.39. The van der Waals surface area contributed by atoms with Gasteiger partial charge in [0.05, 0.1) is 11.0 Å². The highest BCUT2D eigenvalue weighted by Gasteiger charge is 2.12. The van der Waals surface area contributed by atoms with Gasteiger partial charge in [-0.15, -0.1) is 0 Å². The molecule has 0 aliphatic heterocycles. The predicted molar refractivity (Wildman–Crippen MR) is 125 cm³/mol. The molecule has 0 aliphatic carbocycles. The molecule has 0 aliphatic rings. The number of nitrogens with one attached hydrogen (secondary N) is 3. The van der Waals surface area contributed by atoms with Crippen molar-refractivity contribution < 1.29 is 4.74 Å². The Morgan fingerprint density at radius 3 is 2.59 bits per heavy atom. The number of aromatic amines is 2. The summed E-state index contributed by atoms with van der Waals surface area (Å²) in [5, 5.41) is 4.31. The van der Waals surface area contributed by atoms with Gasteiger partial charge in [0.25, 0.3) is 0 Å². The predicted octanol–water partition coefficient (Wildman–Crippen LogP) is 6.04. The minimum atomic E-state index is 0.541. The van der Waals surface area contributed by atoms with Gasteiger partial charge in [-0.3, -0.25) is 0 Å². The SMILES string of the molecule is c1cnc(Oc2ccc(Nc3nc4ccccc4[nH]3)cc2)c(-c2ccnc3[nH]ccc23)c1. The second-order valence-corrected chi connectivity index (χ2v) is 7.31. The molecule has 6 rings (SSSR count). The van der Waals surface area contributed by atoms with E-state index in [4.69, 9.17) is 4.74 Å². The molecule has 7 nitrogen and oxygen atoms in total. The maximum absolute atomic E-state index is 6.15. The van der Waals surface area contributed by atoms with Crippen molar-refractivity contribution >= 4 is 33.7 Å². The molecule has 7 heteroatoms. The first-order chi connectivity index (χ1) is 15.8. The van der Waals surface area contributed by atoms with Crippen LogP contribution in [0.5, 0.6) is 11.6 Å². The van der Waals surface area contributed by atoms with Crippen LogP contribution in [-0.4, -0.2) is 24.9 Å². The van der Waals surface area contributed by atoms with Crippen molar-refractivity contribution in [1.29, 1.82) is 0 Å². The van der Waals surface area contributed by atoms with Crippen molar-refractivity contribution in [3.05, 3.63) is 91.4 Å². The third-order valence-electron chi connectivity index (χ3n) is 5.24. The van der Waals surface area contributed by atoms with Crippen molar-refractivity contribution in [2.24, 2.45) is 0 Å². The topological polar surface area (TPSA) is 91.5 Å². The second-order valence-electron chi connectivity index (χ2n) is 7.31. The molecular formula is C25H18N6O. The van der Waals surface area contributed by atoms with E-state index in [0.29, 0.717) is 17.6 Å². The van der Waals surface area contributed by atoms with Crippen molar-refractivity contribution in [2.75, 3.05) is 5.32 Å². The van der Waals surface area contributed by atoms with Crippen molar-refractivity contribution in [2.45, 2.75) is 0 Å². The van der Waals surface area contributed by atoms with Crippen LogP contribution in [0, 0.1) is 0 Å². The molecule has 4 heterocycles. The fourth-order valence-corrected chi connectivity index (χ4v) is 3.74. The quantitative estimate of drug-likeness (QED) is 0.318. The third kappa shape index (κ3) is 3.31. The van der Waals surface area contributed by atoms with E-state index in [1.807, 2.05) is 79.0 Å². The monoisotopic (exact) mass is 418 g/mol. The summed E-state index contributed by atoms with van der Waals surface area (Å²) in [4.78, 5) is 19.8. The van der Waals surface area contributed by atoms with Gasteiger partial charge in [-0.05, 0) is 66.2 Å². The van der Waals surface area contributed by atoms with Crippen LogP contribution in [0.25, 0.3) is 33.2 Å². The largest absolute Gasteiger partial charge is 0.438 e. The first-order valence-electron chi connectivity index (χ1n) is 10.2. The van der Waals surface area contributed by atoms with E-state index in [1.54, 1.807) is 12.4 Å². The van der Waals surface area contributed by atoms with Crippen LogP contribution in [-0.2, 0) is 0 Å². The number of anilines is 2. The Hall–Kier alpha value is -4.65. The Kier molecular flexibility index (Phi) is 4.28. The fourth-order valence-electron chi connectivity index (χ4n) is 3.74. The van der Waals surface area contributed by atoms with Crippen LogP contribution >= 0.6 is 0 Å². The van der Waals surface area contributed by atoms with E-state index in [9.17, 15) is 0 Å². The number of imidazole rings is 1. The van der Waals surface area contributed by atoms with E-state index in [1.165, 1.54) is 0 Å². The van der Waals surface area contributed by atoms with Gasteiger partial charge in [-0.1, -0.05) is 12.1 Å². The number of hydrogen-bond acceptors (Lipinski definition) is 5. The van der Waals surface area contributed by atoms with Crippen molar-refractivity contribution in [3.8, 4) is 22.8 Å². The minimum absolute atomic E-state index is 0.541. The molecule has 0 fully saturated rings. The normalized spacial score (nSPS) is 11.1. The number of H-pyrrole nitrogens is 2. The molecule has 3 N–H and O–H groups in total. The highest BCUT2D eigenvalue weighted by atomic mass is 16.5. The Morgan fingerprint density at radius 2 is 1.69 bits per heavy atom. The first kappa shape index (κ1) is 18.1. The fraction of sp³-hybridized carbons (Fsp3) is 0. The molecule has 32 heavy (non-hydrogen) atoms. The zero-order chi connectivity index (χ0) is 21.3. The van der Waals surface area contributed by atoms with Gasteiger partial charge in [-0.2, -0.15) is 0 Å². The smallest absolute Gasteiger partial charge is 0.227 e. The van der Waals surface area contributed by atoms with E-state index in [0.717, 1.165) is 38.9 Å². The summed E-state index contributed by atoms with van der Waals surface area (Å²) in [6.45, 7) is 0. The van der Waals surface area contributed by atoms with E-state index in [2.05, 4.69) is 30.2 Å². The van der Waals surface area contributed by atoms with E-state index >= 15 is 0 Å². The summed E-state index contributed by atoms with van der Waals surface area (Å²) in [5.74, 6) is 1.93. The standard InChI is InChI=1S/C25H18N6O/c1-2-6-22-21(5-1)30-25(31-22)29-16-7-9-17(10-8-16)32-24-20(4-3-13-28-24)18-11-14-26-23-19(18)12-15-27-23/h1-15H,(H,26,27)(H2,29,30,31). The number of nitrogens with zero attached hydrogens (tertiary/aromatic N) is 3. The Labute approximate surface area is 183 Å². The number of benzene rings is 2. The zero-order valence-corrected chi connectivity index (χ0v) is 16.9. The lowest BCUT2D eigenvalue weighted by atomic mass is 10.1. The van der Waals surface area contributed by atoms with Crippen molar-refractivity contribution in [3.63, 3.8) is 0 Å². The summed E-state index contributed by atoms with van der Waals surface area (Å²) >= 11 is 0. The lowest BCUT2D eigenvalue weighted by molar-refractivity contribution is 0.465. The van der Waals surface area contributed by atoms with Gasteiger partial charge in [-0.25, -0.2) is 15.0 Å². The molecule has 4 aromatic heterocycles. The molecule has 0 radical (unpaired) electrons. The van der Waals surface area contributed by atoms with Gasteiger partial charge in [0.15, 0.2) is 0 Å². The van der Waals surface area contributed by atoms with Crippen LogP contribution < -0.4 is 10.1 Å². The van der Waals surface area contributed by atoms with Crippen LogP contribution in [0.4, 0.5) is 11.6 Å². The lowest BCUT2D eigenvalue weighted by Gasteiger charge is -2.11. The maximum atomic E-state index is 6.15. The van der Waals surface area contributed by atoms with E-state index < -0.39 is 0 Å². The van der Waals surface area contributed by atoms with Gasteiger partial charge < -0.3 is 20.0 Å². The average molecular weight is 418 g/mol.